The first-order chi connectivity index (χ1) is 16.7. The fourth-order valence-electron chi connectivity index (χ4n) is 3.09. The summed E-state index contributed by atoms with van der Waals surface area (Å²) in [6.45, 7) is 1.38. The van der Waals surface area contributed by atoms with E-state index in [9.17, 15) is 22.8 Å². The molecule has 0 saturated heterocycles. The molecule has 1 aromatic carbocycles. The highest BCUT2D eigenvalue weighted by Gasteiger charge is 2.32. The summed E-state index contributed by atoms with van der Waals surface area (Å²) in [5, 5.41) is 5.55. The van der Waals surface area contributed by atoms with E-state index < -0.39 is 23.6 Å². The van der Waals surface area contributed by atoms with Crippen molar-refractivity contribution in [2.45, 2.75) is 19.6 Å². The number of nitrogens with zero attached hydrogens (tertiary/aromatic N) is 4. The number of benzene rings is 1. The third kappa shape index (κ3) is 5.84. The van der Waals surface area contributed by atoms with Gasteiger partial charge in [0.1, 0.15) is 21.9 Å². The van der Waals surface area contributed by atoms with Gasteiger partial charge in [0, 0.05) is 23.6 Å². The van der Waals surface area contributed by atoms with E-state index in [2.05, 4.69) is 30.6 Å². The highest BCUT2D eigenvalue weighted by molar-refractivity contribution is 7.13. The molecular formula is C23H17F3N6O2S. The topological polar surface area (TPSA) is 110 Å². The van der Waals surface area contributed by atoms with Gasteiger partial charge in [-0.15, -0.1) is 11.3 Å². The fourth-order valence-corrected chi connectivity index (χ4v) is 3.85. The van der Waals surface area contributed by atoms with Crippen LogP contribution in [0.3, 0.4) is 0 Å². The van der Waals surface area contributed by atoms with Crippen molar-refractivity contribution in [2.24, 2.45) is 0 Å². The van der Waals surface area contributed by atoms with Gasteiger partial charge in [-0.05, 0) is 42.8 Å². The smallest absolute Gasteiger partial charge is 0.344 e. The van der Waals surface area contributed by atoms with Crippen LogP contribution in [0.5, 0.6) is 0 Å². The number of alkyl halides is 3. The summed E-state index contributed by atoms with van der Waals surface area (Å²) in [6, 6.07) is 8.66. The number of carbonyl (C=O) groups excluding carboxylic acids is 2. The summed E-state index contributed by atoms with van der Waals surface area (Å²) >= 11 is 1.01. The number of amides is 2. The molecular weight excluding hydrogens is 481 g/mol. The third-order valence-electron chi connectivity index (χ3n) is 4.84. The molecule has 0 bridgehead atoms. The maximum Gasteiger partial charge on any atom is 0.416 e. The Labute approximate surface area is 201 Å². The molecule has 12 heteroatoms. The lowest BCUT2D eigenvalue weighted by Gasteiger charge is -2.12. The molecule has 4 aromatic rings. The molecule has 4 rings (SSSR count). The Morgan fingerprint density at radius 2 is 1.86 bits per heavy atom. The van der Waals surface area contributed by atoms with E-state index in [4.69, 9.17) is 0 Å². The number of anilines is 1. The molecule has 35 heavy (non-hydrogen) atoms. The Kier molecular flexibility index (Phi) is 6.82. The molecule has 178 valence electrons. The van der Waals surface area contributed by atoms with Gasteiger partial charge < -0.3 is 10.6 Å². The zero-order valence-electron chi connectivity index (χ0n) is 18.1. The monoisotopic (exact) mass is 498 g/mol. The maximum absolute atomic E-state index is 13.1. The largest absolute Gasteiger partial charge is 0.416 e. The molecule has 3 aromatic heterocycles. The molecule has 3 heterocycles. The van der Waals surface area contributed by atoms with Gasteiger partial charge in [0.05, 0.1) is 24.0 Å². The number of hydrogen-bond donors (Lipinski definition) is 2. The highest BCUT2D eigenvalue weighted by Crippen LogP contribution is 2.33. The quantitative estimate of drug-likeness (QED) is 0.405. The molecule has 0 aliphatic carbocycles. The number of carbonyl (C=O) groups is 2. The normalized spacial score (nSPS) is 11.2. The van der Waals surface area contributed by atoms with E-state index in [0.29, 0.717) is 10.7 Å². The summed E-state index contributed by atoms with van der Waals surface area (Å²) in [5.41, 5.74) is 0.672. The first kappa shape index (κ1) is 24.0. The third-order valence-corrected chi connectivity index (χ3v) is 5.83. The molecule has 0 spiro atoms. The fraction of sp³-hybridized carbons (Fsp3) is 0.130. The number of nitrogens with one attached hydrogen (secondary N) is 2. The van der Waals surface area contributed by atoms with Crippen LogP contribution in [0.25, 0.3) is 11.3 Å². The van der Waals surface area contributed by atoms with Gasteiger partial charge in [-0.3, -0.25) is 14.6 Å². The van der Waals surface area contributed by atoms with Crippen molar-refractivity contribution < 1.29 is 22.8 Å². The molecule has 0 saturated carbocycles. The molecule has 0 unspecified atom stereocenters. The van der Waals surface area contributed by atoms with Gasteiger partial charge in [0.25, 0.3) is 11.8 Å². The second kappa shape index (κ2) is 9.97. The van der Waals surface area contributed by atoms with E-state index >= 15 is 0 Å². The SMILES string of the molecule is Cc1ccc(NC(=O)c2cnc(CNC(=O)c3cc(-c4cccnc4)ncn3)s2)cc1C(F)(F)F. The van der Waals surface area contributed by atoms with Crippen LogP contribution in [0.1, 0.15) is 36.3 Å². The summed E-state index contributed by atoms with van der Waals surface area (Å²) in [7, 11) is 0. The summed E-state index contributed by atoms with van der Waals surface area (Å²) in [4.78, 5) is 41.4. The van der Waals surface area contributed by atoms with Crippen molar-refractivity contribution in [3.63, 3.8) is 0 Å². The van der Waals surface area contributed by atoms with Crippen molar-refractivity contribution in [1.82, 2.24) is 25.3 Å². The lowest BCUT2D eigenvalue weighted by Crippen LogP contribution is -2.23. The molecule has 2 amide bonds. The minimum absolute atomic E-state index is 0.0179. The Hall–Kier alpha value is -4.19. The van der Waals surface area contributed by atoms with Crippen molar-refractivity contribution in [2.75, 3.05) is 5.32 Å². The number of aromatic nitrogens is 4. The molecule has 0 fully saturated rings. The van der Waals surface area contributed by atoms with Crippen LogP contribution >= 0.6 is 11.3 Å². The second-order valence-electron chi connectivity index (χ2n) is 7.31. The van der Waals surface area contributed by atoms with Crippen LogP contribution in [-0.4, -0.2) is 31.8 Å². The van der Waals surface area contributed by atoms with Gasteiger partial charge in [0.2, 0.25) is 0 Å². The van der Waals surface area contributed by atoms with Gasteiger partial charge in [-0.2, -0.15) is 13.2 Å². The zero-order valence-corrected chi connectivity index (χ0v) is 18.9. The number of hydrogen-bond acceptors (Lipinski definition) is 7. The van der Waals surface area contributed by atoms with E-state index in [1.807, 2.05) is 0 Å². The van der Waals surface area contributed by atoms with E-state index in [-0.39, 0.29) is 28.4 Å². The van der Waals surface area contributed by atoms with Crippen LogP contribution in [0.15, 0.2) is 61.3 Å². The van der Waals surface area contributed by atoms with Crippen molar-refractivity contribution in [1.29, 1.82) is 0 Å². The Balaban J connectivity index is 1.38. The van der Waals surface area contributed by atoms with Crippen LogP contribution in [0.2, 0.25) is 0 Å². The molecule has 2 N–H and O–H groups in total. The summed E-state index contributed by atoms with van der Waals surface area (Å²) in [6.07, 6.45) is 1.29. The van der Waals surface area contributed by atoms with Gasteiger partial charge in [-0.25, -0.2) is 15.0 Å². The van der Waals surface area contributed by atoms with Crippen molar-refractivity contribution >= 4 is 28.8 Å². The molecule has 0 aliphatic rings. The zero-order chi connectivity index (χ0) is 25.0. The number of aryl methyl sites for hydroxylation is 1. The Bertz CT molecular complexity index is 1380. The number of thiazole rings is 1. The van der Waals surface area contributed by atoms with Gasteiger partial charge in [0.15, 0.2) is 0 Å². The summed E-state index contributed by atoms with van der Waals surface area (Å²) in [5.74, 6) is -1.06. The van der Waals surface area contributed by atoms with Crippen LogP contribution in [0, 0.1) is 6.92 Å². The maximum atomic E-state index is 13.1. The Morgan fingerprint density at radius 3 is 2.60 bits per heavy atom. The number of halogens is 3. The van der Waals surface area contributed by atoms with Crippen LogP contribution < -0.4 is 10.6 Å². The standard InChI is InChI=1S/C23H17F3N6O2S/c1-13-4-5-15(7-16(13)23(24,25)26)32-22(34)19-10-28-20(35-19)11-29-21(33)18-8-17(30-12-31-18)14-3-2-6-27-9-14/h2-10,12H,11H2,1H3,(H,29,33)(H,32,34). The first-order valence-electron chi connectivity index (χ1n) is 10.2. The van der Waals surface area contributed by atoms with E-state index in [0.717, 1.165) is 23.0 Å². The van der Waals surface area contributed by atoms with Gasteiger partial charge in [-0.1, -0.05) is 6.07 Å². The second-order valence-corrected chi connectivity index (χ2v) is 8.43. The van der Waals surface area contributed by atoms with Crippen molar-refractivity contribution in [3.05, 3.63) is 88.0 Å². The minimum atomic E-state index is -4.52. The molecule has 0 radical (unpaired) electrons. The lowest BCUT2D eigenvalue weighted by molar-refractivity contribution is -0.138. The predicted molar refractivity (Wildman–Crippen MR) is 123 cm³/mol. The lowest BCUT2D eigenvalue weighted by atomic mass is 10.1. The first-order valence-corrected chi connectivity index (χ1v) is 11.0. The number of rotatable bonds is 6. The Morgan fingerprint density at radius 1 is 1.03 bits per heavy atom. The van der Waals surface area contributed by atoms with Crippen LogP contribution in [-0.2, 0) is 12.7 Å². The molecule has 0 atom stereocenters. The summed E-state index contributed by atoms with van der Waals surface area (Å²) < 4.78 is 39.3. The van der Waals surface area contributed by atoms with E-state index in [1.165, 1.54) is 37.6 Å². The minimum Gasteiger partial charge on any atom is -0.344 e. The van der Waals surface area contributed by atoms with Gasteiger partial charge >= 0.3 is 6.18 Å². The van der Waals surface area contributed by atoms with E-state index in [1.54, 1.807) is 24.5 Å². The molecule has 8 nitrogen and oxygen atoms in total. The highest BCUT2D eigenvalue weighted by atomic mass is 32.1. The molecule has 0 aliphatic heterocycles. The predicted octanol–water partition coefficient (Wildman–Crippen LogP) is 4.50. The van der Waals surface area contributed by atoms with Crippen LogP contribution in [0.4, 0.5) is 18.9 Å². The van der Waals surface area contributed by atoms with Crippen molar-refractivity contribution in [3.8, 4) is 11.3 Å². The average Bonchev–Trinajstić information content (AvgIpc) is 3.33. The number of pyridine rings is 1. The average molecular weight is 498 g/mol.